The summed E-state index contributed by atoms with van der Waals surface area (Å²) < 4.78 is 0. The lowest BCUT2D eigenvalue weighted by atomic mass is 10.2. The van der Waals surface area contributed by atoms with Gasteiger partial charge in [0.1, 0.15) is 0 Å². The van der Waals surface area contributed by atoms with Crippen LogP contribution < -0.4 is 10.6 Å². The van der Waals surface area contributed by atoms with Crippen LogP contribution in [-0.4, -0.2) is 43.0 Å². The van der Waals surface area contributed by atoms with Crippen molar-refractivity contribution in [1.82, 2.24) is 10.2 Å². The van der Waals surface area contributed by atoms with E-state index in [2.05, 4.69) is 22.5 Å². The third kappa shape index (κ3) is 4.08. The average Bonchev–Trinajstić information content (AvgIpc) is 2.37. The summed E-state index contributed by atoms with van der Waals surface area (Å²) in [5.74, 6) is -0.0351. The molecule has 1 amide bonds. The van der Waals surface area contributed by atoms with Crippen molar-refractivity contribution >= 4 is 34.8 Å². The first-order valence-electron chi connectivity index (χ1n) is 6.26. The van der Waals surface area contributed by atoms with Crippen molar-refractivity contribution in [2.45, 2.75) is 13.0 Å². The van der Waals surface area contributed by atoms with Crippen molar-refractivity contribution in [2.24, 2.45) is 0 Å². The highest BCUT2D eigenvalue weighted by Gasteiger charge is 2.20. The number of hydrogen-bond donors (Lipinski definition) is 2. The minimum Gasteiger partial charge on any atom is -0.325 e. The van der Waals surface area contributed by atoms with E-state index in [1.54, 1.807) is 18.2 Å². The van der Waals surface area contributed by atoms with E-state index in [1.807, 2.05) is 0 Å². The van der Waals surface area contributed by atoms with Gasteiger partial charge in [0.15, 0.2) is 0 Å². The zero-order chi connectivity index (χ0) is 13.8. The third-order valence-electron chi connectivity index (χ3n) is 3.19. The lowest BCUT2D eigenvalue weighted by molar-refractivity contribution is -0.118. The van der Waals surface area contributed by atoms with E-state index >= 15 is 0 Å². The molecule has 1 saturated heterocycles. The van der Waals surface area contributed by atoms with Crippen LogP contribution in [0.15, 0.2) is 18.2 Å². The summed E-state index contributed by atoms with van der Waals surface area (Å²) in [5.41, 5.74) is 0.669. The maximum atomic E-state index is 12.0. The molecule has 19 heavy (non-hydrogen) atoms. The Morgan fingerprint density at radius 1 is 1.47 bits per heavy atom. The second kappa shape index (κ2) is 6.57. The van der Waals surface area contributed by atoms with Crippen LogP contribution >= 0.6 is 23.2 Å². The molecule has 4 nitrogen and oxygen atoms in total. The molecule has 1 aliphatic heterocycles. The van der Waals surface area contributed by atoms with Gasteiger partial charge >= 0.3 is 0 Å². The first-order valence-corrected chi connectivity index (χ1v) is 7.01. The lowest BCUT2D eigenvalue weighted by Gasteiger charge is -2.33. The Bertz CT molecular complexity index is 467. The molecule has 2 rings (SSSR count). The van der Waals surface area contributed by atoms with Gasteiger partial charge in [0.05, 0.1) is 16.6 Å². The van der Waals surface area contributed by atoms with Crippen LogP contribution in [0.4, 0.5) is 5.69 Å². The molecule has 1 aromatic carbocycles. The normalized spacial score (nSPS) is 20.3. The Hall–Kier alpha value is -0.810. The number of hydrogen-bond acceptors (Lipinski definition) is 3. The topological polar surface area (TPSA) is 44.4 Å². The molecular formula is C13H17Cl2N3O. The standard InChI is InChI=1S/C13H17Cl2N3O/c1-9-7-16-4-5-18(9)8-13(19)17-10-2-3-11(14)12(15)6-10/h2-3,6,9,16H,4-5,7-8H2,1H3,(H,17,19)/t9-/m0/s1. The molecule has 0 aliphatic carbocycles. The molecule has 104 valence electrons. The molecule has 1 fully saturated rings. The Morgan fingerprint density at radius 3 is 2.95 bits per heavy atom. The summed E-state index contributed by atoms with van der Waals surface area (Å²) in [6, 6.07) is 5.44. The van der Waals surface area contributed by atoms with Crippen molar-refractivity contribution < 1.29 is 4.79 Å². The smallest absolute Gasteiger partial charge is 0.238 e. The summed E-state index contributed by atoms with van der Waals surface area (Å²) in [7, 11) is 0. The molecule has 2 N–H and O–H groups in total. The summed E-state index contributed by atoms with van der Waals surface area (Å²) in [4.78, 5) is 14.1. The highest BCUT2D eigenvalue weighted by atomic mass is 35.5. The van der Waals surface area contributed by atoms with Crippen LogP contribution in [-0.2, 0) is 4.79 Å². The van der Waals surface area contributed by atoms with Gasteiger partial charge in [0.2, 0.25) is 5.91 Å². The van der Waals surface area contributed by atoms with Gasteiger partial charge in [0, 0.05) is 31.4 Å². The number of nitrogens with zero attached hydrogens (tertiary/aromatic N) is 1. The van der Waals surface area contributed by atoms with Crippen molar-refractivity contribution in [3.05, 3.63) is 28.2 Å². The fraction of sp³-hybridized carbons (Fsp3) is 0.462. The predicted octanol–water partition coefficient (Wildman–Crippen LogP) is 2.23. The number of anilines is 1. The number of piperazine rings is 1. The van der Waals surface area contributed by atoms with Gasteiger partial charge in [0.25, 0.3) is 0 Å². The SMILES string of the molecule is C[C@H]1CNCCN1CC(=O)Nc1ccc(Cl)c(Cl)c1. The van der Waals surface area contributed by atoms with Crippen molar-refractivity contribution in [3.8, 4) is 0 Å². The molecule has 0 spiro atoms. The first-order chi connectivity index (χ1) is 9.06. The number of carbonyl (C=O) groups excluding carboxylic acids is 1. The molecule has 0 aromatic heterocycles. The fourth-order valence-electron chi connectivity index (χ4n) is 2.08. The van der Waals surface area contributed by atoms with Crippen LogP contribution in [0.2, 0.25) is 10.0 Å². The third-order valence-corrected chi connectivity index (χ3v) is 3.93. The number of benzene rings is 1. The second-order valence-electron chi connectivity index (χ2n) is 4.70. The predicted molar refractivity (Wildman–Crippen MR) is 79.0 cm³/mol. The zero-order valence-electron chi connectivity index (χ0n) is 10.7. The van der Waals surface area contributed by atoms with Crippen LogP contribution in [0, 0.1) is 0 Å². The summed E-state index contributed by atoms with van der Waals surface area (Å²) in [6.07, 6.45) is 0. The Morgan fingerprint density at radius 2 is 2.26 bits per heavy atom. The Labute approximate surface area is 123 Å². The van der Waals surface area contributed by atoms with Crippen LogP contribution in [0.5, 0.6) is 0 Å². The minimum absolute atomic E-state index is 0.0351. The van der Waals surface area contributed by atoms with E-state index < -0.39 is 0 Å². The average molecular weight is 302 g/mol. The molecule has 6 heteroatoms. The maximum absolute atomic E-state index is 12.0. The molecule has 0 unspecified atom stereocenters. The van der Waals surface area contributed by atoms with Gasteiger partial charge in [-0.3, -0.25) is 9.69 Å². The summed E-state index contributed by atoms with van der Waals surface area (Å²) in [5, 5.41) is 7.05. The lowest BCUT2D eigenvalue weighted by Crippen LogP contribution is -2.51. The van der Waals surface area contributed by atoms with Gasteiger partial charge in [-0.05, 0) is 25.1 Å². The van der Waals surface area contributed by atoms with E-state index in [-0.39, 0.29) is 5.91 Å². The molecule has 1 heterocycles. The van der Waals surface area contributed by atoms with E-state index in [4.69, 9.17) is 23.2 Å². The second-order valence-corrected chi connectivity index (χ2v) is 5.52. The molecule has 1 aromatic rings. The summed E-state index contributed by atoms with van der Waals surface area (Å²) >= 11 is 11.7. The minimum atomic E-state index is -0.0351. The highest BCUT2D eigenvalue weighted by Crippen LogP contribution is 2.24. The monoisotopic (exact) mass is 301 g/mol. The van der Waals surface area contributed by atoms with Crippen molar-refractivity contribution in [1.29, 1.82) is 0 Å². The van der Waals surface area contributed by atoms with E-state index in [0.717, 1.165) is 19.6 Å². The van der Waals surface area contributed by atoms with Gasteiger partial charge in [-0.15, -0.1) is 0 Å². The van der Waals surface area contributed by atoms with Crippen LogP contribution in [0.1, 0.15) is 6.92 Å². The highest BCUT2D eigenvalue weighted by molar-refractivity contribution is 6.42. The molecule has 1 atom stereocenters. The maximum Gasteiger partial charge on any atom is 0.238 e. The Balaban J connectivity index is 1.91. The van der Waals surface area contributed by atoms with E-state index in [0.29, 0.717) is 28.3 Å². The van der Waals surface area contributed by atoms with Gasteiger partial charge in [-0.2, -0.15) is 0 Å². The number of nitrogens with one attached hydrogen (secondary N) is 2. The van der Waals surface area contributed by atoms with Gasteiger partial charge in [-0.25, -0.2) is 0 Å². The van der Waals surface area contributed by atoms with Gasteiger partial charge < -0.3 is 10.6 Å². The molecular weight excluding hydrogens is 285 g/mol. The summed E-state index contributed by atoms with van der Waals surface area (Å²) in [6.45, 7) is 5.22. The van der Waals surface area contributed by atoms with Crippen molar-refractivity contribution in [3.63, 3.8) is 0 Å². The van der Waals surface area contributed by atoms with Crippen LogP contribution in [0.25, 0.3) is 0 Å². The van der Waals surface area contributed by atoms with Crippen molar-refractivity contribution in [2.75, 3.05) is 31.5 Å². The largest absolute Gasteiger partial charge is 0.325 e. The fourth-order valence-corrected chi connectivity index (χ4v) is 2.37. The molecule has 0 radical (unpaired) electrons. The molecule has 0 saturated carbocycles. The molecule has 0 bridgehead atoms. The number of carbonyl (C=O) groups is 1. The number of amides is 1. The quantitative estimate of drug-likeness (QED) is 0.900. The zero-order valence-corrected chi connectivity index (χ0v) is 12.3. The van der Waals surface area contributed by atoms with E-state index in [1.165, 1.54) is 0 Å². The van der Waals surface area contributed by atoms with Crippen LogP contribution in [0.3, 0.4) is 0 Å². The Kier molecular flexibility index (Phi) is 5.05. The number of halogens is 2. The van der Waals surface area contributed by atoms with E-state index in [9.17, 15) is 4.79 Å². The number of rotatable bonds is 3. The molecule has 1 aliphatic rings. The van der Waals surface area contributed by atoms with Gasteiger partial charge in [-0.1, -0.05) is 23.2 Å². The first kappa shape index (κ1) is 14.6.